The Morgan fingerprint density at radius 2 is 2.19 bits per heavy atom. The minimum atomic E-state index is 0.183. The largest absolute Gasteiger partial charge is 0.369 e. The minimum absolute atomic E-state index is 0.183. The lowest BCUT2D eigenvalue weighted by Gasteiger charge is -2.19. The van der Waals surface area contributed by atoms with Crippen molar-refractivity contribution in [2.24, 2.45) is 5.41 Å². The van der Waals surface area contributed by atoms with Crippen LogP contribution in [-0.2, 0) is 0 Å². The lowest BCUT2D eigenvalue weighted by Crippen LogP contribution is -2.20. The SMILES string of the molecule is CC(C)(C)CNc1cc(Cl)nc2ncnn12. The third kappa shape index (κ3) is 2.41. The molecule has 0 unspecified atom stereocenters. The third-order valence-corrected chi connectivity index (χ3v) is 2.21. The van der Waals surface area contributed by atoms with Gasteiger partial charge in [-0.2, -0.15) is 19.6 Å². The van der Waals surface area contributed by atoms with Crippen molar-refractivity contribution in [1.82, 2.24) is 19.6 Å². The molecule has 6 heteroatoms. The van der Waals surface area contributed by atoms with E-state index in [1.165, 1.54) is 6.33 Å². The number of fused-ring (bicyclic) bond motifs is 1. The Labute approximate surface area is 98.9 Å². The van der Waals surface area contributed by atoms with Gasteiger partial charge >= 0.3 is 0 Å². The zero-order chi connectivity index (χ0) is 11.8. The Balaban J connectivity index is 2.32. The van der Waals surface area contributed by atoms with E-state index in [-0.39, 0.29) is 5.41 Å². The fourth-order valence-electron chi connectivity index (χ4n) is 1.26. The predicted octanol–water partition coefficient (Wildman–Crippen LogP) is 2.24. The summed E-state index contributed by atoms with van der Waals surface area (Å²) >= 11 is 5.90. The maximum absolute atomic E-state index is 5.90. The first-order valence-electron chi connectivity index (χ1n) is 5.06. The number of nitrogens with zero attached hydrogens (tertiary/aromatic N) is 4. The molecule has 0 saturated heterocycles. The lowest BCUT2D eigenvalue weighted by atomic mass is 9.97. The van der Waals surface area contributed by atoms with Crippen LogP contribution in [0.15, 0.2) is 12.4 Å². The van der Waals surface area contributed by atoms with Crippen molar-refractivity contribution in [2.45, 2.75) is 20.8 Å². The van der Waals surface area contributed by atoms with Crippen molar-refractivity contribution in [3.63, 3.8) is 0 Å². The first-order chi connectivity index (χ1) is 7.46. The minimum Gasteiger partial charge on any atom is -0.369 e. The quantitative estimate of drug-likeness (QED) is 0.817. The first kappa shape index (κ1) is 11.1. The fraction of sp³-hybridized carbons (Fsp3) is 0.500. The molecule has 2 heterocycles. The van der Waals surface area contributed by atoms with Crippen molar-refractivity contribution in [2.75, 3.05) is 11.9 Å². The third-order valence-electron chi connectivity index (χ3n) is 2.02. The van der Waals surface area contributed by atoms with Crippen LogP contribution in [0.2, 0.25) is 5.15 Å². The highest BCUT2D eigenvalue weighted by Gasteiger charge is 2.12. The summed E-state index contributed by atoms with van der Waals surface area (Å²) in [6.45, 7) is 7.28. The Kier molecular flexibility index (Phi) is 2.71. The van der Waals surface area contributed by atoms with Crippen molar-refractivity contribution in [3.8, 4) is 0 Å². The van der Waals surface area contributed by atoms with E-state index in [9.17, 15) is 0 Å². The molecule has 0 spiro atoms. The Morgan fingerprint density at radius 1 is 1.44 bits per heavy atom. The standard InChI is InChI=1S/C10H14ClN5/c1-10(2,3)5-12-8-4-7(11)15-9-13-6-14-16(8)9/h4,6,12H,5H2,1-3H3. The van der Waals surface area contributed by atoms with Crippen LogP contribution in [0, 0.1) is 5.41 Å². The van der Waals surface area contributed by atoms with Gasteiger partial charge in [-0.15, -0.1) is 0 Å². The van der Waals surface area contributed by atoms with Crippen LogP contribution < -0.4 is 5.32 Å². The molecular formula is C10H14ClN5. The first-order valence-corrected chi connectivity index (χ1v) is 5.44. The molecule has 0 aromatic carbocycles. The second-order valence-electron chi connectivity index (χ2n) is 4.85. The van der Waals surface area contributed by atoms with Crippen LogP contribution in [0.4, 0.5) is 5.82 Å². The van der Waals surface area contributed by atoms with E-state index in [0.29, 0.717) is 10.9 Å². The molecule has 2 aromatic rings. The number of aromatic nitrogens is 4. The van der Waals surface area contributed by atoms with Crippen molar-refractivity contribution in [1.29, 1.82) is 0 Å². The molecule has 0 bridgehead atoms. The van der Waals surface area contributed by atoms with Gasteiger partial charge in [-0.3, -0.25) is 0 Å². The summed E-state index contributed by atoms with van der Waals surface area (Å²) in [6, 6.07) is 1.75. The molecule has 0 radical (unpaired) electrons. The molecule has 2 rings (SSSR count). The van der Waals surface area contributed by atoms with E-state index >= 15 is 0 Å². The van der Waals surface area contributed by atoms with Crippen molar-refractivity contribution in [3.05, 3.63) is 17.5 Å². The van der Waals surface area contributed by atoms with Gasteiger partial charge in [0.1, 0.15) is 17.3 Å². The predicted molar refractivity (Wildman–Crippen MR) is 63.7 cm³/mol. The zero-order valence-electron chi connectivity index (χ0n) is 9.53. The number of nitrogens with one attached hydrogen (secondary N) is 1. The average molecular weight is 240 g/mol. The number of hydrogen-bond donors (Lipinski definition) is 1. The molecule has 0 amide bonds. The van der Waals surface area contributed by atoms with Gasteiger partial charge in [-0.1, -0.05) is 32.4 Å². The van der Waals surface area contributed by atoms with Gasteiger partial charge in [0.2, 0.25) is 0 Å². The molecule has 86 valence electrons. The highest BCUT2D eigenvalue weighted by Crippen LogP contribution is 2.18. The van der Waals surface area contributed by atoms with Crippen LogP contribution in [0.1, 0.15) is 20.8 Å². The summed E-state index contributed by atoms with van der Waals surface area (Å²) in [7, 11) is 0. The van der Waals surface area contributed by atoms with E-state index in [2.05, 4.69) is 41.2 Å². The van der Waals surface area contributed by atoms with Gasteiger partial charge in [0.05, 0.1) is 0 Å². The van der Waals surface area contributed by atoms with Gasteiger partial charge in [0.15, 0.2) is 0 Å². The van der Waals surface area contributed by atoms with E-state index < -0.39 is 0 Å². The van der Waals surface area contributed by atoms with E-state index in [0.717, 1.165) is 12.4 Å². The number of rotatable bonds is 2. The van der Waals surface area contributed by atoms with Crippen LogP contribution in [0.25, 0.3) is 5.78 Å². The highest BCUT2D eigenvalue weighted by molar-refractivity contribution is 6.29. The van der Waals surface area contributed by atoms with Crippen molar-refractivity contribution >= 4 is 23.2 Å². The summed E-state index contributed by atoms with van der Waals surface area (Å²) in [5.41, 5.74) is 0.183. The molecule has 0 aliphatic rings. The number of halogens is 1. The molecule has 16 heavy (non-hydrogen) atoms. The van der Waals surface area contributed by atoms with Gasteiger partial charge in [0, 0.05) is 12.6 Å². The fourth-order valence-corrected chi connectivity index (χ4v) is 1.44. The molecule has 0 saturated carbocycles. The monoisotopic (exact) mass is 239 g/mol. The topological polar surface area (TPSA) is 55.1 Å². The molecular weight excluding hydrogens is 226 g/mol. The highest BCUT2D eigenvalue weighted by atomic mass is 35.5. The smallest absolute Gasteiger partial charge is 0.255 e. The van der Waals surface area contributed by atoms with E-state index in [4.69, 9.17) is 11.6 Å². The lowest BCUT2D eigenvalue weighted by molar-refractivity contribution is 0.442. The van der Waals surface area contributed by atoms with Crippen molar-refractivity contribution < 1.29 is 0 Å². The normalized spacial score (nSPS) is 12.0. The number of hydrogen-bond acceptors (Lipinski definition) is 4. The van der Waals surface area contributed by atoms with E-state index in [1.54, 1.807) is 10.6 Å². The molecule has 0 fully saturated rings. The van der Waals surface area contributed by atoms with Gasteiger partial charge in [-0.05, 0) is 5.41 Å². The molecule has 1 N–H and O–H groups in total. The molecule has 0 atom stereocenters. The molecule has 5 nitrogen and oxygen atoms in total. The zero-order valence-corrected chi connectivity index (χ0v) is 10.3. The summed E-state index contributed by atoms with van der Waals surface area (Å²) in [4.78, 5) is 8.06. The second kappa shape index (κ2) is 3.90. The Hall–Kier alpha value is -1.36. The van der Waals surface area contributed by atoms with Gasteiger partial charge in [0.25, 0.3) is 5.78 Å². The van der Waals surface area contributed by atoms with Crippen LogP contribution in [0.3, 0.4) is 0 Å². The summed E-state index contributed by atoms with van der Waals surface area (Å²) in [5.74, 6) is 1.31. The average Bonchev–Trinajstić information content (AvgIpc) is 2.60. The molecule has 2 aromatic heterocycles. The van der Waals surface area contributed by atoms with Crippen LogP contribution in [0.5, 0.6) is 0 Å². The summed E-state index contributed by atoms with van der Waals surface area (Å²) in [5, 5.41) is 7.79. The van der Waals surface area contributed by atoms with E-state index in [1.807, 2.05) is 0 Å². The summed E-state index contributed by atoms with van der Waals surface area (Å²) < 4.78 is 1.64. The van der Waals surface area contributed by atoms with Crippen LogP contribution in [-0.4, -0.2) is 26.1 Å². The Bertz CT molecular complexity index is 499. The molecule has 0 aliphatic carbocycles. The summed E-state index contributed by atoms with van der Waals surface area (Å²) in [6.07, 6.45) is 1.46. The maximum atomic E-state index is 5.90. The van der Waals surface area contributed by atoms with Crippen LogP contribution >= 0.6 is 11.6 Å². The molecule has 0 aliphatic heterocycles. The van der Waals surface area contributed by atoms with Gasteiger partial charge in [-0.25, -0.2) is 0 Å². The Morgan fingerprint density at radius 3 is 2.88 bits per heavy atom. The number of anilines is 1. The van der Waals surface area contributed by atoms with Gasteiger partial charge < -0.3 is 5.32 Å². The second-order valence-corrected chi connectivity index (χ2v) is 5.24. The maximum Gasteiger partial charge on any atom is 0.255 e.